The Bertz CT molecular complexity index is 1120. The second kappa shape index (κ2) is 12.9. The summed E-state index contributed by atoms with van der Waals surface area (Å²) in [5.74, 6) is -1.11. The number of nitrogens with two attached hydrogens (primary N) is 1. The number of esters is 1. The van der Waals surface area contributed by atoms with Crippen molar-refractivity contribution < 1.29 is 28.7 Å². The molecule has 1 fully saturated rings. The molecule has 1 aliphatic heterocycles. The highest BCUT2D eigenvalue weighted by Crippen LogP contribution is 2.22. The van der Waals surface area contributed by atoms with Gasteiger partial charge in [-0.3, -0.25) is 10.2 Å². The summed E-state index contributed by atoms with van der Waals surface area (Å²) in [5.41, 5.74) is 7.40. The summed E-state index contributed by atoms with van der Waals surface area (Å²) in [7, 11) is 0. The molecule has 4 amide bonds. The average Bonchev–Trinajstić information content (AvgIpc) is 3.25. The molecule has 1 saturated heterocycles. The number of nitrogens with zero attached hydrogens (tertiary/aromatic N) is 1. The van der Waals surface area contributed by atoms with Crippen LogP contribution in [0.15, 0.2) is 54.6 Å². The minimum absolute atomic E-state index is 0.00784. The van der Waals surface area contributed by atoms with Crippen molar-refractivity contribution in [1.29, 1.82) is 5.41 Å². The lowest BCUT2D eigenvalue weighted by Gasteiger charge is -2.19. The molecule has 196 valence electrons. The Labute approximate surface area is 214 Å². The number of carbonyl (C=O) groups excluding carboxylic acids is 4. The van der Waals surface area contributed by atoms with Crippen LogP contribution >= 0.6 is 0 Å². The summed E-state index contributed by atoms with van der Waals surface area (Å²) in [6.45, 7) is 1.83. The number of nitrogen functional groups attached to an aromatic ring is 1. The average molecular weight is 511 g/mol. The van der Waals surface area contributed by atoms with Gasteiger partial charge in [-0.05, 0) is 43.2 Å². The van der Waals surface area contributed by atoms with Gasteiger partial charge in [0.1, 0.15) is 24.5 Å². The van der Waals surface area contributed by atoms with E-state index < -0.39 is 30.2 Å². The predicted molar refractivity (Wildman–Crippen MR) is 135 cm³/mol. The predicted octanol–water partition coefficient (Wildman–Crippen LogP) is 1.23. The molecule has 0 aromatic heterocycles. The highest BCUT2D eigenvalue weighted by atomic mass is 16.6. The number of hydrogen-bond donors (Lipinski definition) is 5. The first-order valence-electron chi connectivity index (χ1n) is 11.7. The van der Waals surface area contributed by atoms with Gasteiger partial charge >= 0.3 is 18.1 Å². The molecule has 1 heterocycles. The number of hydrogen-bond acceptors (Lipinski definition) is 7. The van der Waals surface area contributed by atoms with Crippen molar-refractivity contribution in [3.05, 3.63) is 65.7 Å². The fourth-order valence-electron chi connectivity index (χ4n) is 3.64. The molecule has 12 heteroatoms. The zero-order valence-electron chi connectivity index (χ0n) is 20.4. The fraction of sp³-hybridized carbons (Fsp3) is 0.320. The monoisotopic (exact) mass is 510 g/mol. The van der Waals surface area contributed by atoms with Gasteiger partial charge in [-0.15, -0.1) is 0 Å². The molecule has 1 aliphatic rings. The molecule has 0 spiro atoms. The van der Waals surface area contributed by atoms with Crippen molar-refractivity contribution in [3.63, 3.8) is 0 Å². The van der Waals surface area contributed by atoms with Crippen LogP contribution in [0.5, 0.6) is 0 Å². The van der Waals surface area contributed by atoms with Crippen molar-refractivity contribution in [1.82, 2.24) is 16.0 Å². The summed E-state index contributed by atoms with van der Waals surface area (Å²) in [6.07, 6.45) is -0.465. The highest BCUT2D eigenvalue weighted by molar-refractivity contribution is 6.02. The summed E-state index contributed by atoms with van der Waals surface area (Å²) in [5, 5.41) is 14.9. The van der Waals surface area contributed by atoms with Crippen molar-refractivity contribution in [2.24, 2.45) is 5.73 Å². The number of carbonyl (C=O) groups is 4. The van der Waals surface area contributed by atoms with Crippen LogP contribution in [0.3, 0.4) is 0 Å². The van der Waals surface area contributed by atoms with Crippen LogP contribution in [0.25, 0.3) is 0 Å². The van der Waals surface area contributed by atoms with E-state index in [4.69, 9.17) is 20.6 Å². The Kier molecular flexibility index (Phi) is 9.41. The Hall–Kier alpha value is -4.61. The molecule has 37 heavy (non-hydrogen) atoms. The van der Waals surface area contributed by atoms with Crippen molar-refractivity contribution in [3.8, 4) is 0 Å². The van der Waals surface area contributed by atoms with Crippen molar-refractivity contribution in [2.75, 3.05) is 24.6 Å². The first-order valence-corrected chi connectivity index (χ1v) is 11.7. The second-order valence-electron chi connectivity index (χ2n) is 8.16. The molecule has 2 atom stereocenters. The third-order valence-corrected chi connectivity index (χ3v) is 5.54. The van der Waals surface area contributed by atoms with E-state index in [0.29, 0.717) is 24.2 Å². The van der Waals surface area contributed by atoms with E-state index in [-0.39, 0.29) is 31.5 Å². The zero-order valence-corrected chi connectivity index (χ0v) is 20.4. The SMILES string of the molecule is CCOC(=O)[C@H](CNC(=O)NC1CCN(c2ccc(C(=N)N)cc2)C1=O)NC(=O)OCc1ccccc1. The maximum Gasteiger partial charge on any atom is 0.408 e. The number of nitrogens with one attached hydrogen (secondary N) is 4. The largest absolute Gasteiger partial charge is 0.464 e. The normalized spacial score (nSPS) is 15.4. The van der Waals surface area contributed by atoms with E-state index in [9.17, 15) is 19.2 Å². The van der Waals surface area contributed by atoms with Crippen LogP contribution in [0.4, 0.5) is 15.3 Å². The maximum absolute atomic E-state index is 12.8. The highest BCUT2D eigenvalue weighted by Gasteiger charge is 2.34. The number of urea groups is 1. The Morgan fingerprint density at radius 1 is 1.11 bits per heavy atom. The smallest absolute Gasteiger partial charge is 0.408 e. The van der Waals surface area contributed by atoms with Gasteiger partial charge in [0.15, 0.2) is 0 Å². The minimum Gasteiger partial charge on any atom is -0.464 e. The van der Waals surface area contributed by atoms with Gasteiger partial charge in [0.2, 0.25) is 5.91 Å². The molecule has 2 aromatic rings. The number of ether oxygens (including phenoxy) is 2. The van der Waals surface area contributed by atoms with Gasteiger partial charge < -0.3 is 36.1 Å². The van der Waals surface area contributed by atoms with E-state index >= 15 is 0 Å². The first kappa shape index (κ1) is 27.0. The van der Waals surface area contributed by atoms with Crippen LogP contribution in [-0.4, -0.2) is 61.6 Å². The summed E-state index contributed by atoms with van der Waals surface area (Å²) >= 11 is 0. The topological polar surface area (TPSA) is 176 Å². The quantitative estimate of drug-likeness (QED) is 0.181. The van der Waals surface area contributed by atoms with E-state index in [2.05, 4.69) is 16.0 Å². The van der Waals surface area contributed by atoms with Gasteiger partial charge in [-0.25, -0.2) is 14.4 Å². The zero-order chi connectivity index (χ0) is 26.8. The van der Waals surface area contributed by atoms with Crippen molar-refractivity contribution in [2.45, 2.75) is 32.0 Å². The number of amides is 4. The molecule has 0 aliphatic carbocycles. The van der Waals surface area contributed by atoms with E-state index in [0.717, 1.165) is 5.56 Å². The number of benzene rings is 2. The molecular formula is C25H30N6O6. The third kappa shape index (κ3) is 7.69. The lowest BCUT2D eigenvalue weighted by molar-refractivity contribution is -0.145. The summed E-state index contributed by atoms with van der Waals surface area (Å²) in [4.78, 5) is 51.3. The van der Waals surface area contributed by atoms with Crippen LogP contribution in [0, 0.1) is 5.41 Å². The van der Waals surface area contributed by atoms with Gasteiger partial charge in [0.25, 0.3) is 0 Å². The van der Waals surface area contributed by atoms with E-state index in [1.54, 1.807) is 55.5 Å². The second-order valence-corrected chi connectivity index (χ2v) is 8.16. The summed E-state index contributed by atoms with van der Waals surface area (Å²) in [6, 6.07) is 13.0. The summed E-state index contributed by atoms with van der Waals surface area (Å²) < 4.78 is 10.1. The van der Waals surface area contributed by atoms with Gasteiger partial charge in [-0.2, -0.15) is 0 Å². The molecule has 6 N–H and O–H groups in total. The number of amidine groups is 1. The maximum atomic E-state index is 12.8. The fourth-order valence-corrected chi connectivity index (χ4v) is 3.64. The van der Waals surface area contributed by atoms with Crippen LogP contribution in [0.1, 0.15) is 24.5 Å². The Balaban J connectivity index is 1.50. The minimum atomic E-state index is -1.19. The molecule has 12 nitrogen and oxygen atoms in total. The molecule has 0 radical (unpaired) electrons. The molecule has 0 saturated carbocycles. The Morgan fingerprint density at radius 3 is 2.46 bits per heavy atom. The molecule has 1 unspecified atom stereocenters. The van der Waals surface area contributed by atoms with E-state index in [1.165, 1.54) is 4.90 Å². The van der Waals surface area contributed by atoms with Gasteiger partial charge in [0.05, 0.1) is 13.2 Å². The lowest BCUT2D eigenvalue weighted by atomic mass is 10.2. The lowest BCUT2D eigenvalue weighted by Crippen LogP contribution is -2.53. The van der Waals surface area contributed by atoms with Crippen LogP contribution < -0.4 is 26.6 Å². The molecule has 2 aromatic carbocycles. The standard InChI is InChI=1S/C25H30N6O6/c1-2-36-23(33)20(30-25(35)37-15-16-6-4-3-5-7-16)14-28-24(34)29-19-12-13-31(22(19)32)18-10-8-17(9-11-18)21(26)27/h3-11,19-20H,2,12-15H2,1H3,(H3,26,27)(H,30,35)(H2,28,29,34)/t19?,20-/m0/s1. The molecular weight excluding hydrogens is 480 g/mol. The number of anilines is 1. The van der Waals surface area contributed by atoms with Crippen molar-refractivity contribution >= 4 is 35.5 Å². The molecule has 0 bridgehead atoms. The molecule has 3 rings (SSSR count). The van der Waals surface area contributed by atoms with Gasteiger partial charge in [0, 0.05) is 17.8 Å². The van der Waals surface area contributed by atoms with Gasteiger partial charge in [-0.1, -0.05) is 30.3 Å². The first-order chi connectivity index (χ1) is 17.8. The van der Waals surface area contributed by atoms with E-state index in [1.807, 2.05) is 6.07 Å². The number of alkyl carbamates (subject to hydrolysis) is 1. The van der Waals surface area contributed by atoms with Crippen LogP contribution in [-0.2, 0) is 25.7 Å². The third-order valence-electron chi connectivity index (χ3n) is 5.54. The van der Waals surface area contributed by atoms with Crippen LogP contribution in [0.2, 0.25) is 0 Å². The Morgan fingerprint density at radius 2 is 1.81 bits per heavy atom. The number of rotatable bonds is 10.